The van der Waals surface area contributed by atoms with Crippen molar-refractivity contribution in [3.8, 4) is 5.75 Å². The molecule has 1 unspecified atom stereocenters. The van der Waals surface area contributed by atoms with Crippen molar-refractivity contribution >= 4 is 11.9 Å². The number of hydrogen-bond acceptors (Lipinski definition) is 3. The number of ether oxygens (including phenoxy) is 1. The minimum absolute atomic E-state index is 0.194. The number of carbonyl (C=O) groups is 2. The van der Waals surface area contributed by atoms with Gasteiger partial charge in [-0.2, -0.15) is 0 Å². The topological polar surface area (TPSA) is 66.8 Å². The lowest BCUT2D eigenvalue weighted by Crippen LogP contribution is -2.44. The SMILES string of the molecule is Cc1cccc(OC(C)C(=O)N(CC(=O)O)CC(C)C)c1. The molecule has 0 aliphatic carbocycles. The molecule has 116 valence electrons. The zero-order chi connectivity index (χ0) is 16.0. The highest BCUT2D eigenvalue weighted by Gasteiger charge is 2.24. The Morgan fingerprint density at radius 2 is 1.95 bits per heavy atom. The first kappa shape index (κ1) is 17.0. The molecule has 0 radical (unpaired) electrons. The van der Waals surface area contributed by atoms with Crippen molar-refractivity contribution in [1.29, 1.82) is 0 Å². The molecule has 0 heterocycles. The van der Waals surface area contributed by atoms with Gasteiger partial charge in [-0.05, 0) is 37.5 Å². The molecule has 1 aromatic rings. The average Bonchev–Trinajstić information content (AvgIpc) is 2.35. The lowest BCUT2D eigenvalue weighted by atomic mass is 10.2. The number of hydrogen-bond donors (Lipinski definition) is 1. The Kier molecular flexibility index (Phi) is 6.21. The van der Waals surface area contributed by atoms with E-state index in [0.717, 1.165) is 5.56 Å². The van der Waals surface area contributed by atoms with Gasteiger partial charge in [-0.3, -0.25) is 9.59 Å². The van der Waals surface area contributed by atoms with E-state index in [1.807, 2.05) is 39.0 Å². The van der Waals surface area contributed by atoms with Crippen molar-refractivity contribution in [1.82, 2.24) is 4.90 Å². The molecule has 1 aromatic carbocycles. The van der Waals surface area contributed by atoms with Crippen molar-refractivity contribution < 1.29 is 19.4 Å². The van der Waals surface area contributed by atoms with Crippen molar-refractivity contribution in [2.45, 2.75) is 33.8 Å². The molecule has 0 aliphatic heterocycles. The molecule has 0 saturated carbocycles. The Hall–Kier alpha value is -2.04. The van der Waals surface area contributed by atoms with E-state index in [4.69, 9.17) is 9.84 Å². The maximum Gasteiger partial charge on any atom is 0.323 e. The van der Waals surface area contributed by atoms with Gasteiger partial charge in [0.2, 0.25) is 0 Å². The summed E-state index contributed by atoms with van der Waals surface area (Å²) >= 11 is 0. The van der Waals surface area contributed by atoms with E-state index in [-0.39, 0.29) is 18.4 Å². The van der Waals surface area contributed by atoms with E-state index >= 15 is 0 Å². The van der Waals surface area contributed by atoms with E-state index in [1.54, 1.807) is 13.0 Å². The van der Waals surface area contributed by atoms with Gasteiger partial charge in [0.05, 0.1) is 0 Å². The van der Waals surface area contributed by atoms with Crippen LogP contribution in [-0.2, 0) is 9.59 Å². The Labute approximate surface area is 125 Å². The molecular formula is C16H23NO4. The summed E-state index contributed by atoms with van der Waals surface area (Å²) in [6.07, 6.45) is -0.718. The fourth-order valence-corrected chi connectivity index (χ4v) is 2.04. The van der Waals surface area contributed by atoms with Crippen LogP contribution in [0, 0.1) is 12.8 Å². The van der Waals surface area contributed by atoms with Crippen LogP contribution in [0.25, 0.3) is 0 Å². The molecule has 21 heavy (non-hydrogen) atoms. The summed E-state index contributed by atoms with van der Waals surface area (Å²) in [4.78, 5) is 24.6. The third-order valence-corrected chi connectivity index (χ3v) is 2.87. The van der Waals surface area contributed by atoms with Gasteiger partial charge in [-0.15, -0.1) is 0 Å². The molecule has 5 heteroatoms. The zero-order valence-electron chi connectivity index (χ0n) is 13.0. The largest absolute Gasteiger partial charge is 0.481 e. The Morgan fingerprint density at radius 3 is 2.48 bits per heavy atom. The molecule has 1 N–H and O–H groups in total. The molecule has 0 spiro atoms. The standard InChI is InChI=1S/C16H23NO4/c1-11(2)9-17(10-15(18)19)16(20)13(4)21-14-7-5-6-12(3)8-14/h5-8,11,13H,9-10H2,1-4H3,(H,18,19). The van der Waals surface area contributed by atoms with Crippen molar-refractivity contribution in [2.24, 2.45) is 5.92 Å². The number of aliphatic carboxylic acids is 1. The van der Waals surface area contributed by atoms with Gasteiger partial charge < -0.3 is 14.7 Å². The van der Waals surface area contributed by atoms with Crippen molar-refractivity contribution in [2.75, 3.05) is 13.1 Å². The predicted octanol–water partition coefficient (Wildman–Crippen LogP) is 2.33. The lowest BCUT2D eigenvalue weighted by Gasteiger charge is -2.26. The van der Waals surface area contributed by atoms with Gasteiger partial charge in [0.15, 0.2) is 6.10 Å². The summed E-state index contributed by atoms with van der Waals surface area (Å²) in [5, 5.41) is 8.92. The van der Waals surface area contributed by atoms with Crippen LogP contribution in [-0.4, -0.2) is 41.1 Å². The minimum Gasteiger partial charge on any atom is -0.481 e. The Balaban J connectivity index is 2.75. The molecule has 0 saturated heterocycles. The second-order valence-corrected chi connectivity index (χ2v) is 5.58. The molecule has 0 aromatic heterocycles. The summed E-state index contributed by atoms with van der Waals surface area (Å²) in [7, 11) is 0. The van der Waals surface area contributed by atoms with E-state index in [0.29, 0.717) is 12.3 Å². The highest BCUT2D eigenvalue weighted by atomic mass is 16.5. The van der Waals surface area contributed by atoms with Crippen LogP contribution in [0.3, 0.4) is 0 Å². The first-order valence-electron chi connectivity index (χ1n) is 7.03. The summed E-state index contributed by atoms with van der Waals surface area (Å²) in [6.45, 7) is 7.54. The highest BCUT2D eigenvalue weighted by Crippen LogP contribution is 2.15. The van der Waals surface area contributed by atoms with Crippen molar-refractivity contribution in [3.05, 3.63) is 29.8 Å². The number of amides is 1. The number of carboxylic acids is 1. The highest BCUT2D eigenvalue weighted by molar-refractivity contribution is 5.84. The van der Waals surface area contributed by atoms with E-state index in [9.17, 15) is 9.59 Å². The van der Waals surface area contributed by atoms with Gasteiger partial charge in [0, 0.05) is 6.54 Å². The van der Waals surface area contributed by atoms with E-state index in [2.05, 4.69) is 0 Å². The molecule has 1 rings (SSSR count). The first-order valence-corrected chi connectivity index (χ1v) is 7.03. The molecule has 0 fully saturated rings. The number of benzene rings is 1. The predicted molar refractivity (Wildman–Crippen MR) is 80.3 cm³/mol. The average molecular weight is 293 g/mol. The first-order chi connectivity index (χ1) is 9.79. The lowest BCUT2D eigenvalue weighted by molar-refractivity contribution is -0.147. The van der Waals surface area contributed by atoms with Crippen molar-refractivity contribution in [3.63, 3.8) is 0 Å². The number of carbonyl (C=O) groups excluding carboxylic acids is 1. The van der Waals surface area contributed by atoms with Crippen LogP contribution in [0.5, 0.6) is 5.75 Å². The molecular weight excluding hydrogens is 270 g/mol. The van der Waals surface area contributed by atoms with Crippen LogP contribution in [0.1, 0.15) is 26.3 Å². The maximum absolute atomic E-state index is 12.3. The van der Waals surface area contributed by atoms with Gasteiger partial charge in [0.25, 0.3) is 5.91 Å². The third kappa shape index (κ3) is 5.85. The van der Waals surface area contributed by atoms with Gasteiger partial charge >= 0.3 is 5.97 Å². The molecule has 1 atom stereocenters. The molecule has 5 nitrogen and oxygen atoms in total. The smallest absolute Gasteiger partial charge is 0.323 e. The van der Waals surface area contributed by atoms with Crippen LogP contribution in [0.15, 0.2) is 24.3 Å². The Bertz CT molecular complexity index is 499. The summed E-state index contributed by atoms with van der Waals surface area (Å²) in [5.74, 6) is -0.533. The fourth-order valence-electron chi connectivity index (χ4n) is 2.04. The molecule has 0 bridgehead atoms. The van der Waals surface area contributed by atoms with Gasteiger partial charge in [0.1, 0.15) is 12.3 Å². The summed E-state index contributed by atoms with van der Waals surface area (Å²) < 4.78 is 5.62. The van der Waals surface area contributed by atoms with E-state index in [1.165, 1.54) is 4.90 Å². The number of rotatable bonds is 7. The summed E-state index contributed by atoms with van der Waals surface area (Å²) in [6, 6.07) is 7.41. The second kappa shape index (κ2) is 7.67. The molecule has 1 amide bonds. The summed E-state index contributed by atoms with van der Waals surface area (Å²) in [5.41, 5.74) is 1.04. The van der Waals surface area contributed by atoms with Crippen LogP contribution in [0.4, 0.5) is 0 Å². The number of carboxylic acid groups (broad SMARTS) is 1. The fraction of sp³-hybridized carbons (Fsp3) is 0.500. The van der Waals surface area contributed by atoms with Crippen LogP contribution in [0.2, 0.25) is 0 Å². The minimum atomic E-state index is -1.02. The molecule has 0 aliphatic rings. The monoisotopic (exact) mass is 293 g/mol. The third-order valence-electron chi connectivity index (χ3n) is 2.87. The maximum atomic E-state index is 12.3. The van der Waals surface area contributed by atoms with Gasteiger partial charge in [-0.25, -0.2) is 0 Å². The van der Waals surface area contributed by atoms with E-state index < -0.39 is 12.1 Å². The zero-order valence-corrected chi connectivity index (χ0v) is 13.0. The second-order valence-electron chi connectivity index (χ2n) is 5.58. The normalized spacial score (nSPS) is 12.0. The number of nitrogens with zero attached hydrogens (tertiary/aromatic N) is 1. The number of aryl methyl sites for hydroxylation is 1. The quantitative estimate of drug-likeness (QED) is 0.838. The van der Waals surface area contributed by atoms with Crippen LogP contribution < -0.4 is 4.74 Å². The van der Waals surface area contributed by atoms with Gasteiger partial charge in [-0.1, -0.05) is 26.0 Å². The van der Waals surface area contributed by atoms with Crippen LogP contribution >= 0.6 is 0 Å². The Morgan fingerprint density at radius 1 is 1.29 bits per heavy atom.